The maximum Gasteiger partial charge on any atom is 0.265 e. The topological polar surface area (TPSA) is 46.0 Å². The molecule has 0 aromatic heterocycles. The molecule has 1 saturated heterocycles. The number of rotatable bonds is 5. The number of amides is 1. The molecule has 1 fully saturated rings. The van der Waals surface area contributed by atoms with Gasteiger partial charge in [0.15, 0.2) is 0 Å². The molecule has 1 aromatic rings. The lowest BCUT2D eigenvalue weighted by Gasteiger charge is -2.30. The summed E-state index contributed by atoms with van der Waals surface area (Å²) in [6.45, 7) is 8.53. The highest BCUT2D eigenvalue weighted by Crippen LogP contribution is 2.07. The van der Waals surface area contributed by atoms with Gasteiger partial charge in [-0.3, -0.25) is 10.2 Å². The van der Waals surface area contributed by atoms with Crippen LogP contribution in [0.5, 0.6) is 0 Å². The normalized spacial score (nSPS) is 17.1. The van der Waals surface area contributed by atoms with E-state index in [1.807, 2.05) is 43.1 Å². The Kier molecular flexibility index (Phi) is 5.73. The number of nitrogens with one attached hydrogen (secondary N) is 2. The minimum absolute atomic E-state index is 0.0362. The second kappa shape index (κ2) is 7.54. The van der Waals surface area contributed by atoms with E-state index in [2.05, 4.69) is 12.5 Å². The lowest BCUT2D eigenvalue weighted by molar-refractivity contribution is -0.884. The molecule has 0 radical (unpaired) electrons. The molecule has 0 bridgehead atoms. The van der Waals surface area contributed by atoms with Gasteiger partial charge in [-0.2, -0.15) is 0 Å². The molecule has 1 amide bonds. The molecule has 1 aliphatic rings. The molecule has 0 saturated carbocycles. The first-order chi connectivity index (χ1) is 10.0. The van der Waals surface area contributed by atoms with E-state index in [0.29, 0.717) is 12.2 Å². The van der Waals surface area contributed by atoms with Gasteiger partial charge in [0.05, 0.1) is 45.9 Å². The third-order valence-electron chi connectivity index (χ3n) is 3.68. The van der Waals surface area contributed by atoms with Crippen LogP contribution in [0.3, 0.4) is 0 Å². The van der Waals surface area contributed by atoms with Crippen molar-refractivity contribution in [2.24, 2.45) is 0 Å². The number of hydrazine groups is 1. The fourth-order valence-corrected chi connectivity index (χ4v) is 2.22. The van der Waals surface area contributed by atoms with Crippen molar-refractivity contribution in [2.75, 3.05) is 33.2 Å². The van der Waals surface area contributed by atoms with Crippen LogP contribution in [0.2, 0.25) is 0 Å². The van der Waals surface area contributed by atoms with Crippen molar-refractivity contribution in [2.45, 2.75) is 26.6 Å². The lowest BCUT2D eigenvalue weighted by atomic mass is 10.1. The average Bonchev–Trinajstić information content (AvgIpc) is 2.48. The van der Waals surface area contributed by atoms with Gasteiger partial charge in [0, 0.05) is 5.56 Å². The Morgan fingerprint density at radius 3 is 2.48 bits per heavy atom. The van der Waals surface area contributed by atoms with Gasteiger partial charge in [0.25, 0.3) is 5.91 Å². The first-order valence-corrected chi connectivity index (χ1v) is 7.62. The van der Waals surface area contributed by atoms with E-state index in [1.165, 1.54) is 4.90 Å². The number of ether oxygens (including phenoxy) is 1. The number of quaternary nitrogens is 1. The minimum atomic E-state index is -0.0362. The molecule has 0 aliphatic carbocycles. The van der Waals surface area contributed by atoms with E-state index in [1.54, 1.807) is 0 Å². The Hall–Kier alpha value is -1.43. The molecular weight excluding hydrogens is 266 g/mol. The summed E-state index contributed by atoms with van der Waals surface area (Å²) in [5.74, 6) is -0.0362. The summed E-state index contributed by atoms with van der Waals surface area (Å²) in [4.78, 5) is 13.7. The van der Waals surface area contributed by atoms with Crippen LogP contribution in [-0.2, 0) is 11.3 Å². The van der Waals surface area contributed by atoms with E-state index < -0.39 is 0 Å². The Morgan fingerprint density at radius 2 is 1.90 bits per heavy atom. The second-order valence-corrected chi connectivity index (χ2v) is 5.94. The molecule has 0 atom stereocenters. The molecule has 5 nitrogen and oxygen atoms in total. The summed E-state index contributed by atoms with van der Waals surface area (Å²) in [6, 6.07) is 7.61. The smallest absolute Gasteiger partial charge is 0.265 e. The monoisotopic (exact) mass is 292 g/mol. The fraction of sp³-hybridized carbons (Fsp3) is 0.562. The van der Waals surface area contributed by atoms with E-state index in [0.717, 1.165) is 31.7 Å². The molecule has 1 aromatic carbocycles. The molecule has 5 heteroatoms. The zero-order chi connectivity index (χ0) is 15.2. The number of benzene rings is 1. The van der Waals surface area contributed by atoms with Gasteiger partial charge in [0.1, 0.15) is 0 Å². The number of hydrogen-bond acceptors (Lipinski definition) is 3. The van der Waals surface area contributed by atoms with Gasteiger partial charge in [-0.25, -0.2) is 5.01 Å². The van der Waals surface area contributed by atoms with Crippen molar-refractivity contribution in [1.82, 2.24) is 10.4 Å². The predicted octanol–water partition coefficient (Wildman–Crippen LogP) is 0.0867. The molecule has 2 N–H and O–H groups in total. The number of nitrogens with zero attached hydrogens (tertiary/aromatic N) is 1. The summed E-state index contributed by atoms with van der Waals surface area (Å²) in [6.07, 6.45) is 0.215. The van der Waals surface area contributed by atoms with Crippen LogP contribution < -0.4 is 10.3 Å². The van der Waals surface area contributed by atoms with Crippen LogP contribution in [0.1, 0.15) is 29.8 Å². The third-order valence-corrected chi connectivity index (χ3v) is 3.68. The maximum atomic E-state index is 12.2. The SMILES string of the molecule is CC(C)OCc1ccc(C(=O)NN2CC[NH+](C)CC2)cc1. The van der Waals surface area contributed by atoms with Gasteiger partial charge >= 0.3 is 0 Å². The molecule has 1 aliphatic heterocycles. The first-order valence-electron chi connectivity index (χ1n) is 7.62. The summed E-state index contributed by atoms with van der Waals surface area (Å²) in [7, 11) is 2.18. The van der Waals surface area contributed by atoms with Crippen LogP contribution in [0.25, 0.3) is 0 Å². The van der Waals surface area contributed by atoms with Gasteiger partial charge in [-0.05, 0) is 31.5 Å². The summed E-state index contributed by atoms with van der Waals surface area (Å²) in [5.41, 5.74) is 4.75. The quantitative estimate of drug-likeness (QED) is 0.808. The van der Waals surface area contributed by atoms with Crippen molar-refractivity contribution in [3.63, 3.8) is 0 Å². The lowest BCUT2D eigenvalue weighted by Crippen LogP contribution is -3.12. The van der Waals surface area contributed by atoms with Gasteiger partial charge in [-0.1, -0.05) is 12.1 Å². The first kappa shape index (κ1) is 15.9. The van der Waals surface area contributed by atoms with Crippen molar-refractivity contribution in [1.29, 1.82) is 0 Å². The molecule has 21 heavy (non-hydrogen) atoms. The number of piperazine rings is 1. The van der Waals surface area contributed by atoms with Crippen molar-refractivity contribution in [3.8, 4) is 0 Å². The van der Waals surface area contributed by atoms with Crippen LogP contribution in [0, 0.1) is 0 Å². The highest BCUT2D eigenvalue weighted by molar-refractivity contribution is 5.93. The summed E-state index contributed by atoms with van der Waals surface area (Å²) in [5, 5.41) is 2.01. The fourth-order valence-electron chi connectivity index (χ4n) is 2.22. The number of carbonyl (C=O) groups excluding carboxylic acids is 1. The van der Waals surface area contributed by atoms with Crippen molar-refractivity contribution < 1.29 is 14.4 Å². The zero-order valence-electron chi connectivity index (χ0n) is 13.2. The minimum Gasteiger partial charge on any atom is -0.374 e. The van der Waals surface area contributed by atoms with Crippen molar-refractivity contribution in [3.05, 3.63) is 35.4 Å². The third kappa shape index (κ3) is 5.12. The molecule has 0 unspecified atom stereocenters. The standard InChI is InChI=1S/C16H25N3O2/c1-13(2)21-12-14-4-6-15(7-5-14)16(20)17-19-10-8-18(3)9-11-19/h4-7,13H,8-12H2,1-3H3,(H,17,20)/p+1. The van der Waals surface area contributed by atoms with E-state index in [-0.39, 0.29) is 12.0 Å². The van der Waals surface area contributed by atoms with E-state index in [4.69, 9.17) is 4.74 Å². The number of likely N-dealkylation sites (N-methyl/N-ethyl adjacent to an activating group) is 1. The molecule has 2 rings (SSSR count). The molecule has 1 heterocycles. The summed E-state index contributed by atoms with van der Waals surface area (Å²) >= 11 is 0. The number of hydrogen-bond donors (Lipinski definition) is 2. The Morgan fingerprint density at radius 1 is 1.29 bits per heavy atom. The van der Waals surface area contributed by atoms with Crippen molar-refractivity contribution >= 4 is 5.91 Å². The van der Waals surface area contributed by atoms with Crippen LogP contribution in [0.4, 0.5) is 0 Å². The molecule has 0 spiro atoms. The average molecular weight is 292 g/mol. The molecule has 116 valence electrons. The van der Waals surface area contributed by atoms with Crippen LogP contribution in [-0.4, -0.2) is 50.2 Å². The highest BCUT2D eigenvalue weighted by atomic mass is 16.5. The van der Waals surface area contributed by atoms with Gasteiger partial charge in [-0.15, -0.1) is 0 Å². The largest absolute Gasteiger partial charge is 0.374 e. The Bertz CT molecular complexity index is 451. The van der Waals surface area contributed by atoms with E-state index in [9.17, 15) is 4.79 Å². The van der Waals surface area contributed by atoms with Gasteiger partial charge in [0.2, 0.25) is 0 Å². The van der Waals surface area contributed by atoms with Crippen LogP contribution in [0.15, 0.2) is 24.3 Å². The zero-order valence-corrected chi connectivity index (χ0v) is 13.2. The Labute approximate surface area is 126 Å². The van der Waals surface area contributed by atoms with Crippen LogP contribution >= 0.6 is 0 Å². The highest BCUT2D eigenvalue weighted by Gasteiger charge is 2.18. The van der Waals surface area contributed by atoms with E-state index >= 15 is 0 Å². The summed E-state index contributed by atoms with van der Waals surface area (Å²) < 4.78 is 5.55. The Balaban J connectivity index is 1.85. The van der Waals surface area contributed by atoms with Gasteiger partial charge < -0.3 is 9.64 Å². The second-order valence-electron chi connectivity index (χ2n) is 5.94. The maximum absolute atomic E-state index is 12.2. The number of carbonyl (C=O) groups is 1. The molecular formula is C16H26N3O2+. The predicted molar refractivity (Wildman–Crippen MR) is 82.0 cm³/mol.